The molecule has 0 saturated carbocycles. The van der Waals surface area contributed by atoms with Crippen LogP contribution >= 0.6 is 0 Å². The fourth-order valence-corrected chi connectivity index (χ4v) is 1.16. The van der Waals surface area contributed by atoms with Crippen molar-refractivity contribution in [1.82, 2.24) is 0 Å². The molecule has 0 fully saturated rings. The molecule has 4 heteroatoms. The van der Waals surface area contributed by atoms with Gasteiger partial charge < -0.3 is 14.2 Å². The largest absolute Gasteiger partial charge is 0.453 e. The molecule has 4 nitrogen and oxygen atoms in total. The first-order chi connectivity index (χ1) is 7.76. The van der Waals surface area contributed by atoms with Gasteiger partial charge in [0.1, 0.15) is 5.60 Å². The molecule has 0 aliphatic rings. The second-order valence-corrected chi connectivity index (χ2v) is 4.36. The first kappa shape index (κ1) is 16.0. The molecule has 0 aromatic heterocycles. The van der Waals surface area contributed by atoms with Gasteiger partial charge in [-0.2, -0.15) is 0 Å². The number of hydrogen-bond donors (Lipinski definition) is 0. The van der Waals surface area contributed by atoms with Gasteiger partial charge in [-0.3, -0.25) is 0 Å². The SMILES string of the molecule is CCOC(C)OC(C)(C)C#CC(=O)OC(C)C. The summed E-state index contributed by atoms with van der Waals surface area (Å²) in [6, 6.07) is 0. The van der Waals surface area contributed by atoms with Gasteiger partial charge in [0.15, 0.2) is 6.29 Å². The molecule has 1 atom stereocenters. The summed E-state index contributed by atoms with van der Waals surface area (Å²) < 4.78 is 15.7. The summed E-state index contributed by atoms with van der Waals surface area (Å²) >= 11 is 0. The Bertz CT molecular complexity index is 296. The van der Waals surface area contributed by atoms with E-state index in [4.69, 9.17) is 14.2 Å². The third kappa shape index (κ3) is 8.73. The van der Waals surface area contributed by atoms with E-state index in [1.807, 2.05) is 6.92 Å². The van der Waals surface area contributed by atoms with Crippen molar-refractivity contribution in [3.8, 4) is 11.8 Å². The highest BCUT2D eigenvalue weighted by molar-refractivity contribution is 5.88. The van der Waals surface area contributed by atoms with E-state index in [-0.39, 0.29) is 12.4 Å². The highest BCUT2D eigenvalue weighted by Crippen LogP contribution is 2.11. The maximum atomic E-state index is 11.2. The lowest BCUT2D eigenvalue weighted by atomic mass is 10.1. The van der Waals surface area contributed by atoms with Gasteiger partial charge in [-0.15, -0.1) is 0 Å². The number of rotatable bonds is 5. The Morgan fingerprint density at radius 2 is 1.88 bits per heavy atom. The Balaban J connectivity index is 4.33. The van der Waals surface area contributed by atoms with E-state index < -0.39 is 11.6 Å². The molecule has 0 aliphatic heterocycles. The van der Waals surface area contributed by atoms with Crippen molar-refractivity contribution in [3.05, 3.63) is 0 Å². The summed E-state index contributed by atoms with van der Waals surface area (Å²) in [7, 11) is 0. The molecule has 98 valence electrons. The Hall–Kier alpha value is -1.05. The van der Waals surface area contributed by atoms with Crippen LogP contribution in [0.4, 0.5) is 0 Å². The van der Waals surface area contributed by atoms with Gasteiger partial charge >= 0.3 is 5.97 Å². The Morgan fingerprint density at radius 3 is 2.35 bits per heavy atom. The van der Waals surface area contributed by atoms with Crippen LogP contribution in [0.15, 0.2) is 0 Å². The molecule has 0 saturated heterocycles. The van der Waals surface area contributed by atoms with Gasteiger partial charge in [-0.05, 0) is 41.5 Å². The molecule has 1 unspecified atom stereocenters. The normalized spacial score (nSPS) is 12.9. The van der Waals surface area contributed by atoms with Crippen molar-refractivity contribution in [1.29, 1.82) is 0 Å². The van der Waals surface area contributed by atoms with Crippen molar-refractivity contribution in [2.45, 2.75) is 59.5 Å². The van der Waals surface area contributed by atoms with Crippen LogP contribution in [0, 0.1) is 11.8 Å². The van der Waals surface area contributed by atoms with E-state index in [0.717, 1.165) is 0 Å². The summed E-state index contributed by atoms with van der Waals surface area (Å²) in [6.45, 7) is 11.4. The predicted octanol–water partition coefficient (Wildman–Crippen LogP) is 2.12. The van der Waals surface area contributed by atoms with Crippen LogP contribution in [0.25, 0.3) is 0 Å². The highest BCUT2D eigenvalue weighted by atomic mass is 16.7. The van der Waals surface area contributed by atoms with Crippen molar-refractivity contribution >= 4 is 5.97 Å². The lowest BCUT2D eigenvalue weighted by Crippen LogP contribution is -2.29. The molecule has 0 heterocycles. The smallest absolute Gasteiger partial charge is 0.384 e. The van der Waals surface area contributed by atoms with Crippen molar-refractivity contribution in [2.24, 2.45) is 0 Å². The average Bonchev–Trinajstić information content (AvgIpc) is 2.13. The zero-order chi connectivity index (χ0) is 13.5. The summed E-state index contributed by atoms with van der Waals surface area (Å²) in [4.78, 5) is 11.2. The minimum atomic E-state index is -0.745. The predicted molar refractivity (Wildman–Crippen MR) is 65.3 cm³/mol. The Kier molecular flexibility index (Phi) is 6.86. The Morgan fingerprint density at radius 1 is 1.29 bits per heavy atom. The molecule has 0 N–H and O–H groups in total. The van der Waals surface area contributed by atoms with Gasteiger partial charge in [-0.25, -0.2) is 4.79 Å². The van der Waals surface area contributed by atoms with Crippen LogP contribution in [-0.2, 0) is 19.0 Å². The van der Waals surface area contributed by atoms with E-state index in [1.165, 1.54) is 0 Å². The molecule has 0 spiro atoms. The first-order valence-electron chi connectivity index (χ1n) is 5.80. The van der Waals surface area contributed by atoms with E-state index >= 15 is 0 Å². The zero-order valence-electron chi connectivity index (χ0n) is 11.5. The fourth-order valence-electron chi connectivity index (χ4n) is 1.16. The van der Waals surface area contributed by atoms with E-state index in [2.05, 4.69) is 11.8 Å². The second kappa shape index (κ2) is 7.31. The number of carbonyl (C=O) groups is 1. The minimum Gasteiger partial charge on any atom is -0.453 e. The molecule has 0 radical (unpaired) electrons. The van der Waals surface area contributed by atoms with Gasteiger partial charge in [0.2, 0.25) is 0 Å². The van der Waals surface area contributed by atoms with E-state index in [0.29, 0.717) is 6.61 Å². The van der Waals surface area contributed by atoms with Crippen LogP contribution in [0.1, 0.15) is 41.5 Å². The first-order valence-corrected chi connectivity index (χ1v) is 5.80. The number of ether oxygens (including phenoxy) is 3. The third-order valence-corrected chi connectivity index (χ3v) is 1.67. The maximum Gasteiger partial charge on any atom is 0.384 e. The van der Waals surface area contributed by atoms with Crippen LogP contribution in [0.5, 0.6) is 0 Å². The van der Waals surface area contributed by atoms with E-state index in [1.54, 1.807) is 34.6 Å². The molecule has 0 amide bonds. The van der Waals surface area contributed by atoms with Crippen LogP contribution in [-0.4, -0.2) is 30.6 Å². The monoisotopic (exact) mass is 242 g/mol. The maximum absolute atomic E-state index is 11.2. The number of esters is 1. The quantitative estimate of drug-likeness (QED) is 0.320. The summed E-state index contributed by atoms with van der Waals surface area (Å²) in [5.41, 5.74) is -0.745. The lowest BCUT2D eigenvalue weighted by Gasteiger charge is -2.23. The van der Waals surface area contributed by atoms with Gasteiger partial charge in [0, 0.05) is 12.5 Å². The fraction of sp³-hybridized carbons (Fsp3) is 0.769. The molecular formula is C13H22O4. The summed E-state index contributed by atoms with van der Waals surface area (Å²) in [5.74, 6) is 4.60. The minimum absolute atomic E-state index is 0.164. The third-order valence-electron chi connectivity index (χ3n) is 1.67. The molecule has 0 rings (SSSR count). The molecular weight excluding hydrogens is 220 g/mol. The zero-order valence-corrected chi connectivity index (χ0v) is 11.5. The van der Waals surface area contributed by atoms with Gasteiger partial charge in [-0.1, -0.05) is 5.92 Å². The van der Waals surface area contributed by atoms with Crippen LogP contribution in [0.2, 0.25) is 0 Å². The lowest BCUT2D eigenvalue weighted by molar-refractivity contribution is -0.170. The van der Waals surface area contributed by atoms with E-state index in [9.17, 15) is 4.79 Å². The van der Waals surface area contributed by atoms with Crippen molar-refractivity contribution in [3.63, 3.8) is 0 Å². The standard InChI is InChI=1S/C13H22O4/c1-7-15-11(4)17-13(5,6)9-8-12(14)16-10(2)3/h10-11H,7H2,1-6H3. The topological polar surface area (TPSA) is 44.8 Å². The second-order valence-electron chi connectivity index (χ2n) is 4.36. The summed E-state index contributed by atoms with van der Waals surface area (Å²) in [6.07, 6.45) is -0.520. The number of carbonyl (C=O) groups excluding carboxylic acids is 1. The van der Waals surface area contributed by atoms with Crippen molar-refractivity contribution < 1.29 is 19.0 Å². The van der Waals surface area contributed by atoms with Gasteiger partial charge in [0.05, 0.1) is 6.10 Å². The van der Waals surface area contributed by atoms with Crippen LogP contribution in [0.3, 0.4) is 0 Å². The molecule has 0 aromatic rings. The van der Waals surface area contributed by atoms with Crippen molar-refractivity contribution in [2.75, 3.05) is 6.61 Å². The van der Waals surface area contributed by atoms with Gasteiger partial charge in [0.25, 0.3) is 0 Å². The molecule has 17 heavy (non-hydrogen) atoms. The summed E-state index contributed by atoms with van der Waals surface area (Å²) in [5, 5.41) is 0. The average molecular weight is 242 g/mol. The Labute approximate surface area is 104 Å². The number of hydrogen-bond acceptors (Lipinski definition) is 4. The molecule has 0 bridgehead atoms. The molecule has 0 aliphatic carbocycles. The molecule has 0 aromatic carbocycles. The highest BCUT2D eigenvalue weighted by Gasteiger charge is 2.19. The van der Waals surface area contributed by atoms with Crippen LogP contribution < -0.4 is 0 Å².